The van der Waals surface area contributed by atoms with E-state index < -0.39 is 11.9 Å². The molecule has 3 rings (SSSR count). The van der Waals surface area contributed by atoms with Gasteiger partial charge >= 0.3 is 6.03 Å². The Morgan fingerprint density at radius 1 is 1.32 bits per heavy atom. The molecule has 1 fully saturated rings. The fourth-order valence-electron chi connectivity index (χ4n) is 3.66. The van der Waals surface area contributed by atoms with Crippen LogP contribution in [0.4, 0.5) is 4.79 Å². The van der Waals surface area contributed by atoms with E-state index in [1.807, 2.05) is 26.0 Å². The van der Waals surface area contributed by atoms with Crippen LogP contribution in [0.25, 0.3) is 0 Å². The number of piperidine rings is 1. The lowest BCUT2D eigenvalue weighted by atomic mass is 10.0. The zero-order valence-corrected chi connectivity index (χ0v) is 16.4. The summed E-state index contributed by atoms with van der Waals surface area (Å²) in [5.74, 6) is -0.551. The molecule has 0 saturated carbocycles. The van der Waals surface area contributed by atoms with Gasteiger partial charge in [-0.25, -0.2) is 4.79 Å². The van der Waals surface area contributed by atoms with Crippen LogP contribution in [0.1, 0.15) is 48.2 Å². The van der Waals surface area contributed by atoms with Crippen molar-refractivity contribution in [2.75, 3.05) is 13.6 Å². The Hall–Kier alpha value is -2.90. The first-order valence-corrected chi connectivity index (χ1v) is 9.51. The van der Waals surface area contributed by atoms with Crippen LogP contribution in [0.5, 0.6) is 0 Å². The van der Waals surface area contributed by atoms with E-state index in [0.717, 1.165) is 11.1 Å². The molecule has 150 valence electrons. The normalized spacial score (nSPS) is 18.9. The molecule has 2 heterocycles. The van der Waals surface area contributed by atoms with Crippen molar-refractivity contribution in [3.8, 4) is 0 Å². The van der Waals surface area contributed by atoms with E-state index in [1.165, 1.54) is 4.90 Å². The molecule has 0 radical (unpaired) electrons. The van der Waals surface area contributed by atoms with Crippen molar-refractivity contribution in [3.63, 3.8) is 0 Å². The fraction of sp³-hybridized carbons (Fsp3) is 0.500. The van der Waals surface area contributed by atoms with Crippen LogP contribution < -0.4 is 10.6 Å². The van der Waals surface area contributed by atoms with Crippen LogP contribution >= 0.6 is 0 Å². The standard InChI is InChI=1S/C20H26N4O4/c1-12(2)10-23(3)20(28)21-9-13-4-5-14-11-24(19(27)15(14)8-13)16-6-7-17(25)22-18(16)26/h4-5,8,12,16H,6-7,9-11H2,1-3H3,(H,21,28)(H,22,25,26). The molecule has 0 aliphatic carbocycles. The lowest BCUT2D eigenvalue weighted by Crippen LogP contribution is -2.52. The first-order valence-electron chi connectivity index (χ1n) is 9.51. The number of fused-ring (bicyclic) bond motifs is 1. The molecule has 8 heteroatoms. The highest BCUT2D eigenvalue weighted by atomic mass is 16.2. The lowest BCUT2D eigenvalue weighted by Gasteiger charge is -2.29. The summed E-state index contributed by atoms with van der Waals surface area (Å²) in [4.78, 5) is 51.5. The van der Waals surface area contributed by atoms with Gasteiger partial charge in [-0.2, -0.15) is 0 Å². The zero-order chi connectivity index (χ0) is 20.4. The minimum atomic E-state index is -0.620. The summed E-state index contributed by atoms with van der Waals surface area (Å²) in [5, 5.41) is 5.15. The van der Waals surface area contributed by atoms with Gasteiger partial charge in [-0.15, -0.1) is 0 Å². The Morgan fingerprint density at radius 3 is 2.75 bits per heavy atom. The van der Waals surface area contributed by atoms with Crippen molar-refractivity contribution >= 4 is 23.8 Å². The molecule has 1 atom stereocenters. The highest BCUT2D eigenvalue weighted by Crippen LogP contribution is 2.28. The third-order valence-corrected chi connectivity index (χ3v) is 5.02. The Morgan fingerprint density at radius 2 is 2.07 bits per heavy atom. The van der Waals surface area contributed by atoms with Crippen molar-refractivity contribution in [1.82, 2.24) is 20.4 Å². The molecule has 0 spiro atoms. The van der Waals surface area contributed by atoms with Gasteiger partial charge in [0.1, 0.15) is 6.04 Å². The number of hydrogen-bond donors (Lipinski definition) is 2. The van der Waals surface area contributed by atoms with E-state index >= 15 is 0 Å². The molecule has 2 N–H and O–H groups in total. The van der Waals surface area contributed by atoms with Crippen LogP contribution in [-0.4, -0.2) is 53.2 Å². The number of imide groups is 1. The number of carbonyl (C=O) groups is 4. The summed E-state index contributed by atoms with van der Waals surface area (Å²) < 4.78 is 0. The smallest absolute Gasteiger partial charge is 0.317 e. The second-order valence-electron chi connectivity index (χ2n) is 7.82. The minimum Gasteiger partial charge on any atom is -0.334 e. The van der Waals surface area contributed by atoms with Crippen LogP contribution in [-0.2, 0) is 22.7 Å². The van der Waals surface area contributed by atoms with Crippen LogP contribution in [0.3, 0.4) is 0 Å². The molecule has 0 bridgehead atoms. The summed E-state index contributed by atoms with van der Waals surface area (Å²) in [5.41, 5.74) is 2.22. The molecule has 0 aromatic heterocycles. The fourth-order valence-corrected chi connectivity index (χ4v) is 3.66. The monoisotopic (exact) mass is 386 g/mol. The van der Waals surface area contributed by atoms with Crippen molar-refractivity contribution in [2.45, 2.75) is 45.8 Å². The molecule has 1 unspecified atom stereocenters. The Kier molecular flexibility index (Phi) is 5.67. The van der Waals surface area contributed by atoms with Crippen molar-refractivity contribution < 1.29 is 19.2 Å². The molecular formula is C20H26N4O4. The maximum atomic E-state index is 12.8. The first kappa shape index (κ1) is 19.9. The van der Waals surface area contributed by atoms with E-state index in [4.69, 9.17) is 0 Å². The largest absolute Gasteiger partial charge is 0.334 e. The summed E-state index contributed by atoms with van der Waals surface area (Å²) in [6.07, 6.45) is 0.577. The minimum absolute atomic E-state index is 0.161. The average Bonchev–Trinajstić information content (AvgIpc) is 2.95. The number of hydrogen-bond acceptors (Lipinski definition) is 4. The molecule has 2 aliphatic rings. The van der Waals surface area contributed by atoms with Crippen LogP contribution in [0, 0.1) is 5.92 Å². The van der Waals surface area contributed by atoms with Gasteiger partial charge < -0.3 is 15.1 Å². The van der Waals surface area contributed by atoms with Gasteiger partial charge in [0.25, 0.3) is 5.91 Å². The first-order chi connectivity index (χ1) is 13.3. The predicted octanol–water partition coefficient (Wildman–Crippen LogP) is 1.25. The van der Waals surface area contributed by atoms with E-state index in [9.17, 15) is 19.2 Å². The maximum Gasteiger partial charge on any atom is 0.317 e. The number of urea groups is 1. The second-order valence-corrected chi connectivity index (χ2v) is 7.82. The summed E-state index contributed by atoms with van der Waals surface area (Å²) in [6.45, 7) is 5.42. The third-order valence-electron chi connectivity index (χ3n) is 5.02. The van der Waals surface area contributed by atoms with Gasteiger partial charge in [-0.1, -0.05) is 26.0 Å². The van der Waals surface area contributed by atoms with Gasteiger partial charge in [-0.3, -0.25) is 19.7 Å². The molecule has 1 aromatic rings. The highest BCUT2D eigenvalue weighted by Gasteiger charge is 2.39. The molecule has 2 aliphatic heterocycles. The molecule has 8 nitrogen and oxygen atoms in total. The Balaban J connectivity index is 1.65. The van der Waals surface area contributed by atoms with E-state index in [-0.39, 0.29) is 24.3 Å². The van der Waals surface area contributed by atoms with Gasteiger partial charge in [-0.05, 0) is 29.5 Å². The third kappa shape index (κ3) is 4.16. The summed E-state index contributed by atoms with van der Waals surface area (Å²) in [7, 11) is 1.75. The lowest BCUT2D eigenvalue weighted by molar-refractivity contribution is -0.136. The average molecular weight is 386 g/mol. The van der Waals surface area contributed by atoms with Crippen molar-refractivity contribution in [3.05, 3.63) is 34.9 Å². The Bertz CT molecular complexity index is 820. The molecule has 1 saturated heterocycles. The Labute approximate surface area is 164 Å². The van der Waals surface area contributed by atoms with Crippen molar-refractivity contribution in [2.24, 2.45) is 5.92 Å². The number of nitrogens with one attached hydrogen (secondary N) is 2. The van der Waals surface area contributed by atoms with E-state index in [0.29, 0.717) is 37.5 Å². The van der Waals surface area contributed by atoms with Crippen LogP contribution in [0.15, 0.2) is 18.2 Å². The topological polar surface area (TPSA) is 98.8 Å². The van der Waals surface area contributed by atoms with Gasteiger partial charge in [0.15, 0.2) is 0 Å². The number of amides is 5. The number of carbonyl (C=O) groups excluding carboxylic acids is 4. The predicted molar refractivity (Wildman–Crippen MR) is 102 cm³/mol. The molecule has 1 aromatic carbocycles. The molecule has 28 heavy (non-hydrogen) atoms. The number of benzene rings is 1. The SMILES string of the molecule is CC(C)CN(C)C(=O)NCc1ccc2c(c1)C(=O)N(C1CCC(=O)NC1=O)C2. The number of nitrogens with zero attached hydrogens (tertiary/aromatic N) is 2. The van der Waals surface area contributed by atoms with Crippen molar-refractivity contribution in [1.29, 1.82) is 0 Å². The van der Waals surface area contributed by atoms with Gasteiger partial charge in [0.05, 0.1) is 0 Å². The van der Waals surface area contributed by atoms with Gasteiger partial charge in [0, 0.05) is 38.7 Å². The summed E-state index contributed by atoms with van der Waals surface area (Å²) >= 11 is 0. The molecular weight excluding hydrogens is 360 g/mol. The molecule has 5 amide bonds. The number of rotatable bonds is 5. The van der Waals surface area contributed by atoms with Gasteiger partial charge in [0.2, 0.25) is 11.8 Å². The quantitative estimate of drug-likeness (QED) is 0.744. The van der Waals surface area contributed by atoms with Crippen LogP contribution in [0.2, 0.25) is 0 Å². The zero-order valence-electron chi connectivity index (χ0n) is 16.4. The van der Waals surface area contributed by atoms with E-state index in [1.54, 1.807) is 18.0 Å². The summed E-state index contributed by atoms with van der Waals surface area (Å²) in [6, 6.07) is 4.73. The van der Waals surface area contributed by atoms with E-state index in [2.05, 4.69) is 10.6 Å². The maximum absolute atomic E-state index is 12.8. The second kappa shape index (κ2) is 8.00. The highest BCUT2D eigenvalue weighted by molar-refractivity contribution is 6.05.